The Morgan fingerprint density at radius 1 is 1.36 bits per heavy atom. The molecule has 0 amide bonds. The van der Waals surface area contributed by atoms with Crippen molar-refractivity contribution in [1.29, 1.82) is 0 Å². The normalized spacial score (nSPS) is 19.0. The van der Waals surface area contributed by atoms with Crippen LogP contribution in [0, 0.1) is 0 Å². The molecule has 1 rings (SSSR count). The predicted octanol–water partition coefficient (Wildman–Crippen LogP) is 2.44. The summed E-state index contributed by atoms with van der Waals surface area (Å²) in [5, 5.41) is 0. The summed E-state index contributed by atoms with van der Waals surface area (Å²) in [6.07, 6.45) is 5.33. The quantitative estimate of drug-likeness (QED) is 0.561. The van der Waals surface area contributed by atoms with E-state index in [0.29, 0.717) is 0 Å². The van der Waals surface area contributed by atoms with E-state index in [1.807, 2.05) is 0 Å². The monoisotopic (exact) mass is 153 g/mol. The Balaban J connectivity index is 1.98. The average Bonchev–Trinajstić information content (AvgIpc) is 2.39. The van der Waals surface area contributed by atoms with Gasteiger partial charge in [-0.05, 0) is 52.2 Å². The Hall–Kier alpha value is -0.300. The van der Waals surface area contributed by atoms with Gasteiger partial charge in [-0.15, -0.1) is 6.58 Å². The number of hydrogen-bond donors (Lipinski definition) is 0. The topological polar surface area (TPSA) is 3.24 Å². The van der Waals surface area contributed by atoms with E-state index in [1.165, 1.54) is 50.9 Å². The lowest BCUT2D eigenvalue weighted by Crippen LogP contribution is -2.20. The van der Waals surface area contributed by atoms with Crippen LogP contribution in [0.3, 0.4) is 0 Å². The molecule has 0 N–H and O–H groups in total. The molecule has 0 spiro atoms. The summed E-state index contributed by atoms with van der Waals surface area (Å²) >= 11 is 0. The molecule has 64 valence electrons. The maximum atomic E-state index is 3.90. The van der Waals surface area contributed by atoms with Crippen LogP contribution in [0.4, 0.5) is 0 Å². The van der Waals surface area contributed by atoms with Crippen LogP contribution in [0.2, 0.25) is 0 Å². The first-order chi connectivity index (χ1) is 5.29. The molecule has 0 aliphatic carbocycles. The third kappa shape index (κ3) is 3.57. The molecule has 0 unspecified atom stereocenters. The third-order valence-electron chi connectivity index (χ3n) is 2.28. The minimum atomic E-state index is 1.20. The van der Waals surface area contributed by atoms with Gasteiger partial charge < -0.3 is 4.90 Å². The number of nitrogens with zero attached hydrogens (tertiary/aromatic N) is 1. The van der Waals surface area contributed by atoms with E-state index in [1.54, 1.807) is 0 Å². The summed E-state index contributed by atoms with van der Waals surface area (Å²) in [4.78, 5) is 2.56. The summed E-state index contributed by atoms with van der Waals surface area (Å²) in [7, 11) is 0. The third-order valence-corrected chi connectivity index (χ3v) is 2.28. The standard InChI is InChI=1S/C10H19N/c1-10(2)6-5-9-11-7-3-4-8-11/h1,3-9H2,2H3. The highest BCUT2D eigenvalue weighted by atomic mass is 15.1. The van der Waals surface area contributed by atoms with Gasteiger partial charge in [0.25, 0.3) is 0 Å². The lowest BCUT2D eigenvalue weighted by Gasteiger charge is -2.13. The molecule has 0 atom stereocenters. The van der Waals surface area contributed by atoms with Gasteiger partial charge >= 0.3 is 0 Å². The second kappa shape index (κ2) is 4.55. The van der Waals surface area contributed by atoms with Crippen molar-refractivity contribution < 1.29 is 0 Å². The fourth-order valence-corrected chi connectivity index (χ4v) is 1.61. The van der Waals surface area contributed by atoms with Gasteiger partial charge in [0.15, 0.2) is 0 Å². The number of likely N-dealkylation sites (tertiary alicyclic amines) is 1. The smallest absolute Gasteiger partial charge is 0.00157 e. The van der Waals surface area contributed by atoms with Crippen LogP contribution < -0.4 is 0 Å². The molecule has 0 aromatic rings. The van der Waals surface area contributed by atoms with E-state index in [9.17, 15) is 0 Å². The highest BCUT2D eigenvalue weighted by Crippen LogP contribution is 2.09. The molecule has 1 aliphatic heterocycles. The van der Waals surface area contributed by atoms with Gasteiger partial charge in [0.05, 0.1) is 0 Å². The van der Waals surface area contributed by atoms with Gasteiger partial charge in [-0.1, -0.05) is 5.57 Å². The van der Waals surface area contributed by atoms with E-state index in [-0.39, 0.29) is 0 Å². The maximum Gasteiger partial charge on any atom is -0.00157 e. The molecule has 1 heterocycles. The van der Waals surface area contributed by atoms with Gasteiger partial charge in [-0.2, -0.15) is 0 Å². The van der Waals surface area contributed by atoms with Crippen LogP contribution in [-0.4, -0.2) is 24.5 Å². The summed E-state index contributed by atoms with van der Waals surface area (Å²) in [6.45, 7) is 9.96. The van der Waals surface area contributed by atoms with Crippen molar-refractivity contribution >= 4 is 0 Å². The van der Waals surface area contributed by atoms with Gasteiger partial charge in [-0.3, -0.25) is 0 Å². The molecule has 0 radical (unpaired) electrons. The van der Waals surface area contributed by atoms with Gasteiger partial charge in [0.1, 0.15) is 0 Å². The number of hydrogen-bond acceptors (Lipinski definition) is 1. The van der Waals surface area contributed by atoms with Crippen molar-refractivity contribution in [2.45, 2.75) is 32.6 Å². The van der Waals surface area contributed by atoms with Gasteiger partial charge in [0, 0.05) is 0 Å². The second-order valence-corrected chi connectivity index (χ2v) is 3.61. The molecule has 0 aromatic heterocycles. The SMILES string of the molecule is C=C(C)CCCN1CCCC1. The molecule has 11 heavy (non-hydrogen) atoms. The van der Waals surface area contributed by atoms with Gasteiger partial charge in [0.2, 0.25) is 0 Å². The van der Waals surface area contributed by atoms with E-state index in [2.05, 4.69) is 18.4 Å². The van der Waals surface area contributed by atoms with E-state index < -0.39 is 0 Å². The first-order valence-corrected chi connectivity index (χ1v) is 4.66. The van der Waals surface area contributed by atoms with Gasteiger partial charge in [-0.25, -0.2) is 0 Å². The van der Waals surface area contributed by atoms with Crippen LogP contribution in [0.5, 0.6) is 0 Å². The fraction of sp³-hybridized carbons (Fsp3) is 0.800. The largest absolute Gasteiger partial charge is 0.303 e. The zero-order valence-electron chi connectivity index (χ0n) is 7.60. The molecule has 0 bridgehead atoms. The summed E-state index contributed by atoms with van der Waals surface area (Å²) in [6, 6.07) is 0. The number of allylic oxidation sites excluding steroid dienone is 1. The van der Waals surface area contributed by atoms with E-state index in [4.69, 9.17) is 0 Å². The number of rotatable bonds is 4. The Bertz CT molecular complexity index is 123. The molecule has 1 fully saturated rings. The lowest BCUT2D eigenvalue weighted by atomic mass is 10.2. The Labute approximate surface area is 70.1 Å². The lowest BCUT2D eigenvalue weighted by molar-refractivity contribution is 0.334. The van der Waals surface area contributed by atoms with E-state index >= 15 is 0 Å². The molecule has 0 aromatic carbocycles. The fourth-order valence-electron chi connectivity index (χ4n) is 1.61. The molecule has 1 heteroatoms. The molecule has 0 saturated carbocycles. The Kier molecular flexibility index (Phi) is 3.64. The first kappa shape index (κ1) is 8.79. The van der Waals surface area contributed by atoms with Crippen molar-refractivity contribution in [3.8, 4) is 0 Å². The zero-order valence-corrected chi connectivity index (χ0v) is 7.60. The molecular formula is C10H19N. The highest BCUT2D eigenvalue weighted by Gasteiger charge is 2.09. The van der Waals surface area contributed by atoms with Crippen LogP contribution in [0.25, 0.3) is 0 Å². The minimum Gasteiger partial charge on any atom is -0.303 e. The molecule has 1 saturated heterocycles. The molecule has 1 aliphatic rings. The summed E-state index contributed by atoms with van der Waals surface area (Å²) < 4.78 is 0. The summed E-state index contributed by atoms with van der Waals surface area (Å²) in [5.74, 6) is 0. The maximum absolute atomic E-state index is 3.90. The summed E-state index contributed by atoms with van der Waals surface area (Å²) in [5.41, 5.74) is 1.32. The van der Waals surface area contributed by atoms with Crippen LogP contribution >= 0.6 is 0 Å². The molecular weight excluding hydrogens is 134 g/mol. The minimum absolute atomic E-state index is 1.20. The van der Waals surface area contributed by atoms with Crippen LogP contribution in [-0.2, 0) is 0 Å². The Morgan fingerprint density at radius 3 is 2.55 bits per heavy atom. The van der Waals surface area contributed by atoms with Crippen LogP contribution in [0.15, 0.2) is 12.2 Å². The van der Waals surface area contributed by atoms with Crippen molar-refractivity contribution in [3.63, 3.8) is 0 Å². The van der Waals surface area contributed by atoms with Crippen molar-refractivity contribution in [3.05, 3.63) is 12.2 Å². The van der Waals surface area contributed by atoms with Crippen molar-refractivity contribution in [2.24, 2.45) is 0 Å². The predicted molar refractivity (Wildman–Crippen MR) is 49.7 cm³/mol. The highest BCUT2D eigenvalue weighted by molar-refractivity contribution is 4.87. The van der Waals surface area contributed by atoms with E-state index in [0.717, 1.165) is 0 Å². The molecule has 1 nitrogen and oxygen atoms in total. The average molecular weight is 153 g/mol. The zero-order chi connectivity index (χ0) is 8.10. The van der Waals surface area contributed by atoms with Crippen molar-refractivity contribution in [2.75, 3.05) is 19.6 Å². The second-order valence-electron chi connectivity index (χ2n) is 3.61. The van der Waals surface area contributed by atoms with Crippen molar-refractivity contribution in [1.82, 2.24) is 4.90 Å². The first-order valence-electron chi connectivity index (χ1n) is 4.66. The van der Waals surface area contributed by atoms with Crippen LogP contribution in [0.1, 0.15) is 32.6 Å². The Morgan fingerprint density at radius 2 is 2.00 bits per heavy atom.